The van der Waals surface area contributed by atoms with Gasteiger partial charge >= 0.3 is 0 Å². The molecule has 2 saturated heterocycles. The van der Waals surface area contributed by atoms with Crippen molar-refractivity contribution in [2.24, 2.45) is 5.92 Å². The molecule has 182 valence electrons. The number of fused-ring (bicyclic) bond motifs is 1. The van der Waals surface area contributed by atoms with Crippen LogP contribution in [0.25, 0.3) is 10.9 Å². The molecule has 0 unspecified atom stereocenters. The molecule has 0 spiro atoms. The molecule has 2 fully saturated rings. The second kappa shape index (κ2) is 11.1. The quantitative estimate of drug-likeness (QED) is 0.667. The van der Waals surface area contributed by atoms with Crippen LogP contribution in [0.1, 0.15) is 37.2 Å². The van der Waals surface area contributed by atoms with Crippen molar-refractivity contribution in [3.63, 3.8) is 0 Å². The highest BCUT2D eigenvalue weighted by Crippen LogP contribution is 2.21. The Kier molecular flexibility index (Phi) is 8.67. The number of halogens is 2. The standard InChI is InChI=1S/C24H34ClN5O2.ClH/c1-16(2)22(27-23(31)21-15-17-14-18(25)4-5-20(17)26-21)24(32)30-12-10-29(11-13-30)19-6-8-28(3)9-7-19;/h4-5,14-16,19,22,26H,6-13H2,1-3H3,(H,27,31);1H/t22-;/m1./s1. The Morgan fingerprint density at radius 3 is 2.36 bits per heavy atom. The van der Waals surface area contributed by atoms with Gasteiger partial charge in [0.1, 0.15) is 11.7 Å². The fourth-order valence-electron chi connectivity index (χ4n) is 4.82. The van der Waals surface area contributed by atoms with E-state index in [1.54, 1.807) is 12.1 Å². The van der Waals surface area contributed by atoms with Gasteiger partial charge < -0.3 is 20.1 Å². The SMILES string of the molecule is CC(C)[C@@H](NC(=O)c1cc2cc(Cl)ccc2[nH]1)C(=O)N1CCN(C2CCN(C)CC2)CC1.Cl. The average Bonchev–Trinajstić information content (AvgIpc) is 3.21. The number of aromatic amines is 1. The van der Waals surface area contributed by atoms with Crippen molar-refractivity contribution in [3.8, 4) is 0 Å². The Labute approximate surface area is 207 Å². The molecule has 2 aliphatic heterocycles. The molecule has 1 aromatic carbocycles. The van der Waals surface area contributed by atoms with Gasteiger partial charge in [-0.1, -0.05) is 25.4 Å². The number of aromatic nitrogens is 1. The normalized spacial score (nSPS) is 19.5. The Morgan fingerprint density at radius 2 is 1.73 bits per heavy atom. The maximum Gasteiger partial charge on any atom is 0.268 e. The molecule has 9 heteroatoms. The number of piperazine rings is 1. The molecule has 4 rings (SSSR count). The Balaban J connectivity index is 0.00000306. The zero-order chi connectivity index (χ0) is 22.8. The Hall–Kier alpha value is -1.80. The third kappa shape index (κ3) is 6.01. The molecule has 0 aliphatic carbocycles. The lowest BCUT2D eigenvalue weighted by Gasteiger charge is -2.43. The van der Waals surface area contributed by atoms with Crippen LogP contribution < -0.4 is 5.32 Å². The molecule has 2 amide bonds. The molecule has 0 bridgehead atoms. The Bertz CT molecular complexity index is 963. The molecule has 7 nitrogen and oxygen atoms in total. The topological polar surface area (TPSA) is 71.7 Å². The lowest BCUT2D eigenvalue weighted by molar-refractivity contribution is -0.136. The maximum absolute atomic E-state index is 13.3. The van der Waals surface area contributed by atoms with Gasteiger partial charge in [0.2, 0.25) is 5.91 Å². The number of carbonyl (C=O) groups is 2. The molecule has 0 saturated carbocycles. The minimum Gasteiger partial charge on any atom is -0.351 e. The second-order valence-corrected chi connectivity index (χ2v) is 9.94. The van der Waals surface area contributed by atoms with E-state index in [1.165, 1.54) is 12.8 Å². The van der Waals surface area contributed by atoms with Gasteiger partial charge in [0.05, 0.1) is 0 Å². The first-order chi connectivity index (χ1) is 15.3. The van der Waals surface area contributed by atoms with E-state index in [1.807, 2.05) is 30.9 Å². The van der Waals surface area contributed by atoms with Crippen molar-refractivity contribution in [2.75, 3.05) is 46.3 Å². The van der Waals surface area contributed by atoms with E-state index in [9.17, 15) is 9.59 Å². The first kappa shape index (κ1) is 25.8. The van der Waals surface area contributed by atoms with Gasteiger partial charge in [0, 0.05) is 48.1 Å². The summed E-state index contributed by atoms with van der Waals surface area (Å²) in [5.74, 6) is -0.262. The minimum absolute atomic E-state index is 0. The van der Waals surface area contributed by atoms with Crippen molar-refractivity contribution < 1.29 is 9.59 Å². The van der Waals surface area contributed by atoms with Crippen molar-refractivity contribution in [1.82, 2.24) is 25.0 Å². The fourth-order valence-corrected chi connectivity index (χ4v) is 5.00. The van der Waals surface area contributed by atoms with Crippen LogP contribution in [-0.2, 0) is 4.79 Å². The predicted octanol–water partition coefficient (Wildman–Crippen LogP) is 3.24. The molecule has 1 atom stereocenters. The summed E-state index contributed by atoms with van der Waals surface area (Å²) in [6.07, 6.45) is 2.40. The highest BCUT2D eigenvalue weighted by atomic mass is 35.5. The van der Waals surface area contributed by atoms with Crippen molar-refractivity contribution in [1.29, 1.82) is 0 Å². The number of nitrogens with one attached hydrogen (secondary N) is 2. The first-order valence-electron chi connectivity index (χ1n) is 11.6. The van der Waals surface area contributed by atoms with Crippen LogP contribution in [0.5, 0.6) is 0 Å². The van der Waals surface area contributed by atoms with Gasteiger partial charge in [-0.15, -0.1) is 12.4 Å². The summed E-state index contributed by atoms with van der Waals surface area (Å²) in [5, 5.41) is 4.47. The molecule has 33 heavy (non-hydrogen) atoms. The molecule has 3 heterocycles. The highest BCUT2D eigenvalue weighted by Gasteiger charge is 2.33. The predicted molar refractivity (Wildman–Crippen MR) is 135 cm³/mol. The van der Waals surface area contributed by atoms with Gasteiger partial charge in [0.15, 0.2) is 0 Å². The monoisotopic (exact) mass is 495 g/mol. The smallest absolute Gasteiger partial charge is 0.268 e. The van der Waals surface area contributed by atoms with E-state index < -0.39 is 6.04 Å². The van der Waals surface area contributed by atoms with Crippen LogP contribution in [0.3, 0.4) is 0 Å². The summed E-state index contributed by atoms with van der Waals surface area (Å²) in [6, 6.07) is 7.31. The minimum atomic E-state index is -0.549. The fraction of sp³-hybridized carbons (Fsp3) is 0.583. The van der Waals surface area contributed by atoms with Crippen LogP contribution in [0.2, 0.25) is 5.02 Å². The number of likely N-dealkylation sites (tertiary alicyclic amines) is 1. The van der Waals surface area contributed by atoms with Crippen LogP contribution in [0.15, 0.2) is 24.3 Å². The van der Waals surface area contributed by atoms with Gasteiger partial charge in [-0.25, -0.2) is 0 Å². The zero-order valence-corrected chi connectivity index (χ0v) is 21.2. The molecular formula is C24H35Cl2N5O2. The van der Waals surface area contributed by atoms with Gasteiger partial charge in [0.25, 0.3) is 5.91 Å². The number of benzene rings is 1. The summed E-state index contributed by atoms with van der Waals surface area (Å²) >= 11 is 6.06. The summed E-state index contributed by atoms with van der Waals surface area (Å²) in [6.45, 7) is 9.48. The number of piperidine rings is 1. The summed E-state index contributed by atoms with van der Waals surface area (Å²) < 4.78 is 0. The lowest BCUT2D eigenvalue weighted by Crippen LogP contribution is -2.58. The van der Waals surface area contributed by atoms with Gasteiger partial charge in [-0.3, -0.25) is 14.5 Å². The molecular weight excluding hydrogens is 461 g/mol. The number of carbonyl (C=O) groups excluding carboxylic acids is 2. The van der Waals surface area contributed by atoms with Crippen molar-refractivity contribution in [2.45, 2.75) is 38.8 Å². The van der Waals surface area contributed by atoms with Crippen molar-refractivity contribution in [3.05, 3.63) is 35.0 Å². The van der Waals surface area contributed by atoms with Crippen LogP contribution in [-0.4, -0.2) is 89.9 Å². The second-order valence-electron chi connectivity index (χ2n) is 9.51. The zero-order valence-electron chi connectivity index (χ0n) is 19.6. The van der Waals surface area contributed by atoms with Gasteiger partial charge in [-0.2, -0.15) is 0 Å². The van der Waals surface area contributed by atoms with Crippen molar-refractivity contribution >= 4 is 46.7 Å². The number of nitrogens with zero attached hydrogens (tertiary/aromatic N) is 3. The third-order valence-electron chi connectivity index (χ3n) is 6.88. The summed E-state index contributed by atoms with van der Waals surface area (Å²) in [7, 11) is 2.18. The van der Waals surface area contributed by atoms with E-state index >= 15 is 0 Å². The van der Waals surface area contributed by atoms with Crippen LogP contribution >= 0.6 is 24.0 Å². The number of hydrogen-bond acceptors (Lipinski definition) is 4. The van der Waals surface area contributed by atoms with Crippen LogP contribution in [0.4, 0.5) is 0 Å². The largest absolute Gasteiger partial charge is 0.351 e. The summed E-state index contributed by atoms with van der Waals surface area (Å²) in [4.78, 5) is 36.2. The highest BCUT2D eigenvalue weighted by molar-refractivity contribution is 6.31. The van der Waals surface area contributed by atoms with E-state index in [4.69, 9.17) is 11.6 Å². The first-order valence-corrected chi connectivity index (χ1v) is 12.0. The van der Waals surface area contributed by atoms with E-state index in [0.29, 0.717) is 16.8 Å². The van der Waals surface area contributed by atoms with Gasteiger partial charge in [-0.05, 0) is 63.2 Å². The van der Waals surface area contributed by atoms with Crippen LogP contribution in [0, 0.1) is 5.92 Å². The number of H-pyrrole nitrogens is 1. The molecule has 2 N–H and O–H groups in total. The van der Waals surface area contributed by atoms with E-state index in [0.717, 1.165) is 50.2 Å². The molecule has 0 radical (unpaired) electrons. The third-order valence-corrected chi connectivity index (χ3v) is 7.11. The molecule has 2 aromatic rings. The Morgan fingerprint density at radius 1 is 1.06 bits per heavy atom. The van der Waals surface area contributed by atoms with E-state index in [2.05, 4.69) is 27.1 Å². The molecule has 2 aliphatic rings. The average molecular weight is 496 g/mol. The summed E-state index contributed by atoms with van der Waals surface area (Å²) in [5.41, 5.74) is 1.28. The number of hydrogen-bond donors (Lipinski definition) is 2. The van der Waals surface area contributed by atoms with E-state index in [-0.39, 0.29) is 30.1 Å². The maximum atomic E-state index is 13.3. The number of rotatable bonds is 5. The number of amides is 2. The molecule has 1 aromatic heterocycles. The lowest BCUT2D eigenvalue weighted by atomic mass is 10.0.